The highest BCUT2D eigenvalue weighted by atomic mass is 35.5. The van der Waals surface area contributed by atoms with Gasteiger partial charge in [-0.15, -0.1) is 12.4 Å². The van der Waals surface area contributed by atoms with Crippen LogP contribution in [-0.4, -0.2) is 11.2 Å². The smallest absolute Gasteiger partial charge is 0.123 e. The van der Waals surface area contributed by atoms with Gasteiger partial charge < -0.3 is 10.8 Å². The van der Waals surface area contributed by atoms with Crippen molar-refractivity contribution in [2.75, 3.05) is 0 Å². The second-order valence-electron chi connectivity index (χ2n) is 4.24. The number of nitrogens with two attached hydrogens (primary N) is 1. The molecule has 0 aromatic heterocycles. The van der Waals surface area contributed by atoms with Crippen LogP contribution in [0.1, 0.15) is 43.4 Å². The molecule has 0 aliphatic rings. The molecule has 0 unspecified atom stereocenters. The van der Waals surface area contributed by atoms with Crippen molar-refractivity contribution in [1.82, 2.24) is 0 Å². The molecule has 1 aromatic carbocycles. The van der Waals surface area contributed by atoms with Crippen molar-refractivity contribution in [1.29, 1.82) is 0 Å². The Kier molecular flexibility index (Phi) is 7.35. The van der Waals surface area contributed by atoms with Gasteiger partial charge in [0.1, 0.15) is 5.82 Å². The van der Waals surface area contributed by atoms with Gasteiger partial charge in [-0.2, -0.15) is 0 Å². The zero-order chi connectivity index (χ0) is 12.1. The summed E-state index contributed by atoms with van der Waals surface area (Å²) in [7, 11) is 0. The van der Waals surface area contributed by atoms with Crippen molar-refractivity contribution >= 4 is 12.4 Å². The number of aliphatic hydroxyl groups excluding tert-OH is 1. The maximum atomic E-state index is 13.1. The van der Waals surface area contributed by atoms with Gasteiger partial charge in [-0.05, 0) is 36.6 Å². The van der Waals surface area contributed by atoms with E-state index in [1.165, 1.54) is 12.1 Å². The fourth-order valence-electron chi connectivity index (χ4n) is 1.77. The first-order valence-electron chi connectivity index (χ1n) is 5.76. The Morgan fingerprint density at radius 1 is 1.41 bits per heavy atom. The van der Waals surface area contributed by atoms with Crippen LogP contribution in [0.5, 0.6) is 0 Å². The molecule has 1 aromatic rings. The molecule has 0 saturated carbocycles. The summed E-state index contributed by atoms with van der Waals surface area (Å²) in [5.41, 5.74) is 7.55. The van der Waals surface area contributed by atoms with E-state index in [4.69, 9.17) is 5.73 Å². The summed E-state index contributed by atoms with van der Waals surface area (Å²) in [6, 6.07) is 4.01. The molecule has 4 heteroatoms. The highest BCUT2D eigenvalue weighted by molar-refractivity contribution is 5.85. The van der Waals surface area contributed by atoms with Crippen LogP contribution < -0.4 is 5.73 Å². The molecule has 0 heterocycles. The van der Waals surface area contributed by atoms with Gasteiger partial charge in [0, 0.05) is 0 Å². The van der Waals surface area contributed by atoms with Crippen molar-refractivity contribution in [3.63, 3.8) is 0 Å². The van der Waals surface area contributed by atoms with Gasteiger partial charge in [-0.25, -0.2) is 4.39 Å². The van der Waals surface area contributed by atoms with Crippen molar-refractivity contribution in [3.05, 3.63) is 35.1 Å². The standard InChI is InChI=1S/C13H20FNO.ClH/c1-3-4-5-12(16)13(15)11-8-10(14)7-6-9(11)2;/h6-8,12-13,16H,3-5,15H2,1-2H3;1H/t12-,13+;/m0./s1. The Labute approximate surface area is 108 Å². The third kappa shape index (κ3) is 4.62. The van der Waals surface area contributed by atoms with Gasteiger partial charge in [0.15, 0.2) is 0 Å². The number of hydrogen-bond donors (Lipinski definition) is 2. The minimum atomic E-state index is -0.597. The maximum Gasteiger partial charge on any atom is 0.123 e. The Hall–Kier alpha value is -0.640. The lowest BCUT2D eigenvalue weighted by atomic mass is 9.95. The first kappa shape index (κ1) is 16.4. The fraction of sp³-hybridized carbons (Fsp3) is 0.538. The second-order valence-corrected chi connectivity index (χ2v) is 4.24. The van der Waals surface area contributed by atoms with Crippen molar-refractivity contribution in [3.8, 4) is 0 Å². The molecule has 0 saturated heterocycles. The number of halogens is 2. The normalized spacial score (nSPS) is 13.9. The lowest BCUT2D eigenvalue weighted by molar-refractivity contribution is 0.132. The lowest BCUT2D eigenvalue weighted by Crippen LogP contribution is -2.26. The predicted molar refractivity (Wildman–Crippen MR) is 70.8 cm³/mol. The molecule has 1 rings (SSSR count). The number of benzene rings is 1. The molecular weight excluding hydrogens is 241 g/mol. The van der Waals surface area contributed by atoms with E-state index in [9.17, 15) is 9.50 Å². The third-order valence-electron chi connectivity index (χ3n) is 2.87. The van der Waals surface area contributed by atoms with Crippen LogP contribution in [0, 0.1) is 12.7 Å². The SMILES string of the molecule is CCCC[C@H](O)[C@H](N)c1cc(F)ccc1C.Cl. The lowest BCUT2D eigenvalue weighted by Gasteiger charge is -2.20. The summed E-state index contributed by atoms with van der Waals surface area (Å²) >= 11 is 0. The Bertz CT molecular complexity index is 346. The van der Waals surface area contributed by atoms with E-state index in [0.717, 1.165) is 18.4 Å². The van der Waals surface area contributed by atoms with Gasteiger partial charge in [-0.1, -0.05) is 25.8 Å². The Morgan fingerprint density at radius 2 is 2.06 bits per heavy atom. The molecule has 0 aliphatic heterocycles. The second kappa shape index (κ2) is 7.64. The molecule has 0 amide bonds. The molecular formula is C13H21ClFNO. The van der Waals surface area contributed by atoms with Gasteiger partial charge in [0.2, 0.25) is 0 Å². The number of hydrogen-bond acceptors (Lipinski definition) is 2. The number of unbranched alkanes of at least 4 members (excludes halogenated alkanes) is 1. The molecule has 0 bridgehead atoms. The molecule has 98 valence electrons. The summed E-state index contributed by atoms with van der Waals surface area (Å²) in [5, 5.41) is 9.87. The van der Waals surface area contributed by atoms with Crippen LogP contribution >= 0.6 is 12.4 Å². The number of aryl methyl sites for hydroxylation is 1. The molecule has 2 nitrogen and oxygen atoms in total. The summed E-state index contributed by atoms with van der Waals surface area (Å²) in [4.78, 5) is 0. The molecule has 0 radical (unpaired) electrons. The summed E-state index contributed by atoms with van der Waals surface area (Å²) in [6.07, 6.45) is 2.02. The zero-order valence-electron chi connectivity index (χ0n) is 10.3. The van der Waals surface area contributed by atoms with Gasteiger partial charge >= 0.3 is 0 Å². The van der Waals surface area contributed by atoms with Crippen LogP contribution in [0.25, 0.3) is 0 Å². The fourth-order valence-corrected chi connectivity index (χ4v) is 1.77. The van der Waals surface area contributed by atoms with E-state index in [1.54, 1.807) is 6.07 Å². The van der Waals surface area contributed by atoms with Crippen molar-refractivity contribution in [2.24, 2.45) is 5.73 Å². The maximum absolute atomic E-state index is 13.1. The van der Waals surface area contributed by atoms with Gasteiger partial charge in [0.05, 0.1) is 12.1 Å². The van der Waals surface area contributed by atoms with E-state index < -0.39 is 12.1 Å². The topological polar surface area (TPSA) is 46.2 Å². The van der Waals surface area contributed by atoms with E-state index >= 15 is 0 Å². The predicted octanol–water partition coefficient (Wildman–Crippen LogP) is 3.11. The quantitative estimate of drug-likeness (QED) is 0.856. The van der Waals surface area contributed by atoms with Gasteiger partial charge in [0.25, 0.3) is 0 Å². The van der Waals surface area contributed by atoms with Gasteiger partial charge in [-0.3, -0.25) is 0 Å². The summed E-state index contributed by atoms with van der Waals surface area (Å²) in [6.45, 7) is 3.94. The van der Waals surface area contributed by atoms with E-state index in [2.05, 4.69) is 6.92 Å². The Morgan fingerprint density at radius 3 is 2.65 bits per heavy atom. The average Bonchev–Trinajstić information content (AvgIpc) is 2.28. The Balaban J connectivity index is 0.00000256. The third-order valence-corrected chi connectivity index (χ3v) is 2.87. The molecule has 17 heavy (non-hydrogen) atoms. The van der Waals surface area contributed by atoms with Crippen LogP contribution in [0.15, 0.2) is 18.2 Å². The summed E-state index contributed by atoms with van der Waals surface area (Å²) < 4.78 is 13.1. The first-order valence-corrected chi connectivity index (χ1v) is 5.76. The number of rotatable bonds is 5. The van der Waals surface area contributed by atoms with Crippen LogP contribution in [0.4, 0.5) is 4.39 Å². The average molecular weight is 262 g/mol. The molecule has 0 spiro atoms. The first-order chi connectivity index (χ1) is 7.56. The van der Waals surface area contributed by atoms with E-state index in [1.807, 2.05) is 6.92 Å². The van der Waals surface area contributed by atoms with Crippen LogP contribution in [0.3, 0.4) is 0 Å². The van der Waals surface area contributed by atoms with Crippen LogP contribution in [-0.2, 0) is 0 Å². The van der Waals surface area contributed by atoms with Crippen molar-refractivity contribution < 1.29 is 9.50 Å². The number of aliphatic hydroxyl groups is 1. The highest BCUT2D eigenvalue weighted by Crippen LogP contribution is 2.22. The largest absolute Gasteiger partial charge is 0.391 e. The minimum Gasteiger partial charge on any atom is -0.391 e. The monoisotopic (exact) mass is 261 g/mol. The van der Waals surface area contributed by atoms with Crippen molar-refractivity contribution in [2.45, 2.75) is 45.3 Å². The molecule has 0 aliphatic carbocycles. The highest BCUT2D eigenvalue weighted by Gasteiger charge is 2.18. The van der Waals surface area contributed by atoms with E-state index in [-0.39, 0.29) is 18.2 Å². The molecule has 0 fully saturated rings. The molecule has 3 N–H and O–H groups in total. The van der Waals surface area contributed by atoms with E-state index in [0.29, 0.717) is 12.0 Å². The molecule has 2 atom stereocenters. The minimum absolute atomic E-state index is 0. The van der Waals surface area contributed by atoms with Crippen LogP contribution in [0.2, 0.25) is 0 Å². The summed E-state index contributed by atoms with van der Waals surface area (Å²) in [5.74, 6) is -0.307. The zero-order valence-corrected chi connectivity index (χ0v) is 11.1.